The topological polar surface area (TPSA) is 73.7 Å². The molecule has 0 radical (unpaired) electrons. The number of carbonyl (C=O) groups is 2. The second-order valence-corrected chi connectivity index (χ2v) is 5.19. The van der Waals surface area contributed by atoms with Crippen molar-refractivity contribution in [1.82, 2.24) is 9.88 Å². The van der Waals surface area contributed by atoms with Crippen molar-refractivity contribution in [2.45, 2.75) is 26.2 Å². The molecule has 1 aromatic heterocycles. The number of carboxylic acids is 1. The summed E-state index contributed by atoms with van der Waals surface area (Å²) in [5.74, 6) is -0.579. The zero-order valence-electron chi connectivity index (χ0n) is 12.3. The molecule has 0 unspecified atom stereocenters. The van der Waals surface area contributed by atoms with Gasteiger partial charge < -0.3 is 14.9 Å². The summed E-state index contributed by atoms with van der Waals surface area (Å²) in [5.41, 5.74) is 0.495. The zero-order valence-corrected chi connectivity index (χ0v) is 12.3. The summed E-state index contributed by atoms with van der Waals surface area (Å²) >= 11 is 0. The van der Waals surface area contributed by atoms with E-state index in [4.69, 9.17) is 5.11 Å². The highest BCUT2D eigenvalue weighted by atomic mass is 16.4. The number of carbonyl (C=O) groups excluding carboxylic acids is 1. The number of pyridine rings is 1. The van der Waals surface area contributed by atoms with Gasteiger partial charge in [0.05, 0.1) is 5.56 Å². The van der Waals surface area contributed by atoms with Crippen LogP contribution in [0.4, 0.5) is 5.82 Å². The predicted octanol–water partition coefficient (Wildman–Crippen LogP) is 1.62. The number of aliphatic carboxylic acids is 1. The average molecular weight is 291 g/mol. The van der Waals surface area contributed by atoms with E-state index in [9.17, 15) is 9.59 Å². The van der Waals surface area contributed by atoms with Crippen LogP contribution in [-0.4, -0.2) is 53.0 Å². The molecule has 0 aliphatic carbocycles. The number of amides is 1. The van der Waals surface area contributed by atoms with Crippen molar-refractivity contribution >= 4 is 17.7 Å². The Morgan fingerprint density at radius 1 is 1.38 bits per heavy atom. The number of aromatic nitrogens is 1. The third-order valence-corrected chi connectivity index (χ3v) is 3.53. The fraction of sp³-hybridized carbons (Fsp3) is 0.533. The van der Waals surface area contributed by atoms with E-state index in [0.29, 0.717) is 17.9 Å². The smallest absolute Gasteiger partial charge is 0.323 e. The largest absolute Gasteiger partial charge is 0.480 e. The monoisotopic (exact) mass is 291 g/mol. The fourth-order valence-electron chi connectivity index (χ4n) is 2.60. The first-order valence-corrected chi connectivity index (χ1v) is 7.34. The van der Waals surface area contributed by atoms with Gasteiger partial charge in [-0.15, -0.1) is 0 Å². The van der Waals surface area contributed by atoms with Gasteiger partial charge >= 0.3 is 5.97 Å². The summed E-state index contributed by atoms with van der Waals surface area (Å²) in [6.45, 7) is 3.86. The summed E-state index contributed by atoms with van der Waals surface area (Å²) in [6.07, 6.45) is 4.58. The molecule has 0 atom stereocenters. The molecule has 6 heteroatoms. The summed E-state index contributed by atoms with van der Waals surface area (Å²) < 4.78 is 0. The molecular weight excluding hydrogens is 270 g/mol. The molecule has 6 nitrogen and oxygen atoms in total. The van der Waals surface area contributed by atoms with E-state index >= 15 is 0 Å². The van der Waals surface area contributed by atoms with Crippen LogP contribution in [0.3, 0.4) is 0 Å². The standard InChI is InChI=1S/C15H21N3O3/c1-2-8-18(11-13(19)20)15(21)12-6-5-7-16-14(12)17-9-3-4-10-17/h5-7H,2-4,8-11H2,1H3,(H,19,20). The number of hydrogen-bond acceptors (Lipinski definition) is 4. The van der Waals surface area contributed by atoms with Crippen molar-refractivity contribution in [3.8, 4) is 0 Å². The highest BCUT2D eigenvalue weighted by molar-refractivity contribution is 6.00. The Balaban J connectivity index is 2.26. The van der Waals surface area contributed by atoms with Gasteiger partial charge in [-0.2, -0.15) is 0 Å². The minimum Gasteiger partial charge on any atom is -0.480 e. The second kappa shape index (κ2) is 7.06. The van der Waals surface area contributed by atoms with Gasteiger partial charge in [-0.25, -0.2) is 4.98 Å². The third-order valence-electron chi connectivity index (χ3n) is 3.53. The Kier molecular flexibility index (Phi) is 5.14. The van der Waals surface area contributed by atoms with Crippen molar-refractivity contribution in [2.75, 3.05) is 31.1 Å². The highest BCUT2D eigenvalue weighted by Gasteiger charge is 2.24. The number of nitrogens with zero attached hydrogens (tertiary/aromatic N) is 3. The lowest BCUT2D eigenvalue weighted by atomic mass is 10.2. The van der Waals surface area contributed by atoms with Gasteiger partial charge in [0, 0.05) is 25.8 Å². The van der Waals surface area contributed by atoms with Crippen LogP contribution in [-0.2, 0) is 4.79 Å². The van der Waals surface area contributed by atoms with Gasteiger partial charge in [0.25, 0.3) is 5.91 Å². The first-order valence-electron chi connectivity index (χ1n) is 7.34. The summed E-state index contributed by atoms with van der Waals surface area (Å²) in [4.78, 5) is 31.4. The van der Waals surface area contributed by atoms with E-state index in [1.54, 1.807) is 18.3 Å². The predicted molar refractivity (Wildman–Crippen MR) is 79.5 cm³/mol. The molecule has 1 saturated heterocycles. The fourth-order valence-corrected chi connectivity index (χ4v) is 2.60. The van der Waals surface area contributed by atoms with Crippen LogP contribution in [0, 0.1) is 0 Å². The molecule has 21 heavy (non-hydrogen) atoms. The molecule has 1 aliphatic rings. The molecule has 0 spiro atoms. The number of anilines is 1. The second-order valence-electron chi connectivity index (χ2n) is 5.19. The molecule has 0 saturated carbocycles. The number of rotatable bonds is 6. The molecule has 1 fully saturated rings. The van der Waals surface area contributed by atoms with Gasteiger partial charge in [-0.05, 0) is 31.4 Å². The van der Waals surface area contributed by atoms with Crippen molar-refractivity contribution in [3.63, 3.8) is 0 Å². The van der Waals surface area contributed by atoms with E-state index in [-0.39, 0.29) is 12.5 Å². The molecule has 114 valence electrons. The maximum Gasteiger partial charge on any atom is 0.323 e. The van der Waals surface area contributed by atoms with Crippen LogP contribution in [0.25, 0.3) is 0 Å². The third kappa shape index (κ3) is 3.71. The van der Waals surface area contributed by atoms with Crippen LogP contribution in [0.5, 0.6) is 0 Å². The number of hydrogen-bond donors (Lipinski definition) is 1. The van der Waals surface area contributed by atoms with Crippen LogP contribution in [0.2, 0.25) is 0 Å². The lowest BCUT2D eigenvalue weighted by molar-refractivity contribution is -0.137. The van der Waals surface area contributed by atoms with Crippen molar-refractivity contribution in [1.29, 1.82) is 0 Å². The molecule has 1 N–H and O–H groups in total. The maximum atomic E-state index is 12.6. The molecule has 1 amide bonds. The Bertz CT molecular complexity index is 513. The molecule has 0 aromatic carbocycles. The summed E-state index contributed by atoms with van der Waals surface area (Å²) in [6, 6.07) is 3.45. The van der Waals surface area contributed by atoms with Gasteiger partial charge in [-0.1, -0.05) is 6.92 Å². The van der Waals surface area contributed by atoms with Crippen LogP contribution >= 0.6 is 0 Å². The van der Waals surface area contributed by atoms with Crippen LogP contribution in [0.15, 0.2) is 18.3 Å². The van der Waals surface area contributed by atoms with Crippen LogP contribution in [0.1, 0.15) is 36.5 Å². The van der Waals surface area contributed by atoms with E-state index in [1.165, 1.54) is 4.90 Å². The Morgan fingerprint density at radius 3 is 2.71 bits per heavy atom. The Labute approximate surface area is 124 Å². The van der Waals surface area contributed by atoms with Crippen molar-refractivity contribution < 1.29 is 14.7 Å². The Morgan fingerprint density at radius 2 is 2.10 bits per heavy atom. The highest BCUT2D eigenvalue weighted by Crippen LogP contribution is 2.23. The molecule has 2 heterocycles. The number of carboxylic acid groups (broad SMARTS) is 1. The lowest BCUT2D eigenvalue weighted by Crippen LogP contribution is -2.37. The molecule has 1 aliphatic heterocycles. The van der Waals surface area contributed by atoms with E-state index < -0.39 is 5.97 Å². The Hall–Kier alpha value is -2.11. The van der Waals surface area contributed by atoms with E-state index in [0.717, 1.165) is 32.4 Å². The van der Waals surface area contributed by atoms with Gasteiger partial charge in [0.15, 0.2) is 0 Å². The molecule has 2 rings (SSSR count). The first kappa shape index (κ1) is 15.3. The SMILES string of the molecule is CCCN(CC(=O)O)C(=O)c1cccnc1N1CCCC1. The first-order chi connectivity index (χ1) is 10.1. The van der Waals surface area contributed by atoms with Gasteiger partial charge in [-0.3, -0.25) is 9.59 Å². The quantitative estimate of drug-likeness (QED) is 0.862. The van der Waals surface area contributed by atoms with Gasteiger partial charge in [0.2, 0.25) is 0 Å². The summed E-state index contributed by atoms with van der Waals surface area (Å²) in [7, 11) is 0. The normalized spacial score (nSPS) is 14.2. The molecular formula is C15H21N3O3. The van der Waals surface area contributed by atoms with Crippen molar-refractivity contribution in [2.24, 2.45) is 0 Å². The van der Waals surface area contributed by atoms with Gasteiger partial charge in [0.1, 0.15) is 12.4 Å². The maximum absolute atomic E-state index is 12.6. The molecule has 0 bridgehead atoms. The minimum atomic E-state index is -0.997. The lowest BCUT2D eigenvalue weighted by Gasteiger charge is -2.24. The average Bonchev–Trinajstić information content (AvgIpc) is 3.00. The van der Waals surface area contributed by atoms with E-state index in [2.05, 4.69) is 9.88 Å². The van der Waals surface area contributed by atoms with Crippen LogP contribution < -0.4 is 4.90 Å². The molecule has 1 aromatic rings. The van der Waals surface area contributed by atoms with Crippen molar-refractivity contribution in [3.05, 3.63) is 23.9 Å². The van der Waals surface area contributed by atoms with E-state index in [1.807, 2.05) is 6.92 Å². The minimum absolute atomic E-state index is 0.255. The summed E-state index contributed by atoms with van der Waals surface area (Å²) in [5, 5.41) is 8.97. The zero-order chi connectivity index (χ0) is 15.2.